The Morgan fingerprint density at radius 2 is 1.54 bits per heavy atom. The van der Waals surface area contributed by atoms with E-state index in [0.29, 0.717) is 0 Å². The molecule has 1 fully saturated rings. The summed E-state index contributed by atoms with van der Waals surface area (Å²) in [5, 5.41) is 28.4. The van der Waals surface area contributed by atoms with E-state index in [0.717, 1.165) is 0 Å². The van der Waals surface area contributed by atoms with Gasteiger partial charge in [-0.2, -0.15) is 0 Å². The zero-order valence-electron chi connectivity index (χ0n) is 8.21. The van der Waals surface area contributed by atoms with Crippen LogP contribution in [-0.4, -0.2) is 45.8 Å². The second-order valence-corrected chi connectivity index (χ2v) is 4.02. The number of aliphatic hydroxyl groups is 3. The molecule has 4 nitrogen and oxygen atoms in total. The summed E-state index contributed by atoms with van der Waals surface area (Å²) >= 11 is 0. The Labute approximate surface area is 78.1 Å². The van der Waals surface area contributed by atoms with Gasteiger partial charge in [0.05, 0.1) is 12.2 Å². The molecule has 0 radical (unpaired) electrons. The fraction of sp³-hybridized carbons (Fsp3) is 1.00. The van der Waals surface area contributed by atoms with Crippen molar-refractivity contribution in [1.82, 2.24) is 0 Å². The monoisotopic (exact) mass is 190 g/mol. The summed E-state index contributed by atoms with van der Waals surface area (Å²) in [6.07, 6.45) is -3.91. The van der Waals surface area contributed by atoms with Gasteiger partial charge in [-0.25, -0.2) is 0 Å². The van der Waals surface area contributed by atoms with Gasteiger partial charge in [-0.05, 0) is 12.8 Å². The molecule has 0 aliphatic carbocycles. The molecule has 0 saturated carbocycles. The molecule has 5 atom stereocenters. The van der Waals surface area contributed by atoms with Gasteiger partial charge in [-0.15, -0.1) is 0 Å². The van der Waals surface area contributed by atoms with E-state index in [1.807, 2.05) is 13.8 Å². The highest BCUT2D eigenvalue weighted by molar-refractivity contribution is 4.91. The molecular formula is C9H18O4. The second kappa shape index (κ2) is 3.92. The molecule has 3 unspecified atom stereocenters. The average molecular weight is 190 g/mol. The molecule has 3 N–H and O–H groups in total. The molecule has 0 spiro atoms. The summed E-state index contributed by atoms with van der Waals surface area (Å²) in [6.45, 7) is 5.51. The first-order chi connectivity index (χ1) is 5.95. The third kappa shape index (κ3) is 2.02. The smallest absolute Gasteiger partial charge is 0.111 e. The molecule has 1 rings (SSSR count). The first-order valence-electron chi connectivity index (χ1n) is 4.64. The van der Waals surface area contributed by atoms with Gasteiger partial charge in [-0.1, -0.05) is 13.8 Å². The van der Waals surface area contributed by atoms with Crippen LogP contribution in [0.3, 0.4) is 0 Å². The van der Waals surface area contributed by atoms with Crippen molar-refractivity contribution in [3.05, 3.63) is 0 Å². The van der Waals surface area contributed by atoms with E-state index in [1.165, 1.54) is 0 Å². The quantitative estimate of drug-likeness (QED) is 0.522. The van der Waals surface area contributed by atoms with E-state index in [-0.39, 0.29) is 5.92 Å². The summed E-state index contributed by atoms with van der Waals surface area (Å²) in [4.78, 5) is 0. The van der Waals surface area contributed by atoms with Gasteiger partial charge >= 0.3 is 0 Å². The highest BCUT2D eigenvalue weighted by Crippen LogP contribution is 2.25. The number of hydrogen-bond donors (Lipinski definition) is 3. The minimum Gasteiger partial charge on any atom is -0.388 e. The first kappa shape index (κ1) is 10.9. The largest absolute Gasteiger partial charge is 0.388 e. The lowest BCUT2D eigenvalue weighted by molar-refractivity contribution is -0.226. The first-order valence-corrected chi connectivity index (χ1v) is 4.64. The summed E-state index contributed by atoms with van der Waals surface area (Å²) < 4.78 is 5.38. The molecule has 1 saturated heterocycles. The highest BCUT2D eigenvalue weighted by atomic mass is 16.5. The van der Waals surface area contributed by atoms with Gasteiger partial charge in [-0.3, -0.25) is 0 Å². The van der Waals surface area contributed by atoms with Crippen LogP contribution >= 0.6 is 0 Å². The van der Waals surface area contributed by atoms with Crippen molar-refractivity contribution in [2.45, 2.75) is 51.3 Å². The van der Waals surface area contributed by atoms with Gasteiger partial charge in [0.2, 0.25) is 0 Å². The lowest BCUT2D eigenvalue weighted by atomic mass is 9.90. The van der Waals surface area contributed by atoms with Crippen LogP contribution in [0.4, 0.5) is 0 Å². The maximum atomic E-state index is 9.56. The van der Waals surface area contributed by atoms with Crippen molar-refractivity contribution >= 4 is 0 Å². The molecule has 1 aliphatic heterocycles. The standard InChI is InChI=1S/C9H18O4/c1-4(2)9-8(12)7(11)6(10)5(3)13-9/h4-12H,1-3H3/t5?,6-,7?,8?,9-/m1/s1. The predicted molar refractivity (Wildman–Crippen MR) is 47.2 cm³/mol. The van der Waals surface area contributed by atoms with Gasteiger partial charge in [0.25, 0.3) is 0 Å². The van der Waals surface area contributed by atoms with Gasteiger partial charge in [0.1, 0.15) is 18.3 Å². The molecule has 0 amide bonds. The topological polar surface area (TPSA) is 69.9 Å². The Bertz CT molecular complexity index is 171. The van der Waals surface area contributed by atoms with Crippen LogP contribution < -0.4 is 0 Å². The van der Waals surface area contributed by atoms with E-state index in [4.69, 9.17) is 4.74 Å². The molecule has 0 aromatic carbocycles. The van der Waals surface area contributed by atoms with Crippen LogP contribution in [0.1, 0.15) is 20.8 Å². The lowest BCUT2D eigenvalue weighted by Crippen LogP contribution is -2.57. The third-order valence-electron chi connectivity index (χ3n) is 2.55. The van der Waals surface area contributed by atoms with E-state index in [2.05, 4.69) is 0 Å². The zero-order chi connectivity index (χ0) is 10.2. The Morgan fingerprint density at radius 1 is 1.00 bits per heavy atom. The van der Waals surface area contributed by atoms with Crippen LogP contribution in [0.5, 0.6) is 0 Å². The van der Waals surface area contributed by atoms with Crippen molar-refractivity contribution in [1.29, 1.82) is 0 Å². The fourth-order valence-corrected chi connectivity index (χ4v) is 1.63. The van der Waals surface area contributed by atoms with Crippen LogP contribution in [0.2, 0.25) is 0 Å². The SMILES string of the molecule is CC1O[C@H](C(C)C)C(O)C(O)[C@@H]1O. The predicted octanol–water partition coefficient (Wildman–Crippen LogP) is -0.488. The molecule has 4 heteroatoms. The third-order valence-corrected chi connectivity index (χ3v) is 2.55. The maximum Gasteiger partial charge on any atom is 0.111 e. The number of aliphatic hydroxyl groups excluding tert-OH is 3. The van der Waals surface area contributed by atoms with E-state index in [1.54, 1.807) is 6.92 Å². The molecular weight excluding hydrogens is 172 g/mol. The van der Waals surface area contributed by atoms with E-state index in [9.17, 15) is 15.3 Å². The average Bonchev–Trinajstić information content (AvgIpc) is 2.07. The molecule has 13 heavy (non-hydrogen) atoms. The summed E-state index contributed by atoms with van der Waals surface area (Å²) in [5.74, 6) is 0.125. The van der Waals surface area contributed by atoms with Crippen molar-refractivity contribution in [3.63, 3.8) is 0 Å². The zero-order valence-corrected chi connectivity index (χ0v) is 8.21. The highest BCUT2D eigenvalue weighted by Gasteiger charge is 2.42. The Morgan fingerprint density at radius 3 is 2.00 bits per heavy atom. The van der Waals surface area contributed by atoms with Crippen molar-refractivity contribution in [3.8, 4) is 0 Å². The van der Waals surface area contributed by atoms with E-state index >= 15 is 0 Å². The van der Waals surface area contributed by atoms with E-state index < -0.39 is 30.5 Å². The van der Waals surface area contributed by atoms with Crippen LogP contribution in [0, 0.1) is 5.92 Å². The lowest BCUT2D eigenvalue weighted by Gasteiger charge is -2.41. The van der Waals surface area contributed by atoms with Crippen molar-refractivity contribution in [2.24, 2.45) is 5.92 Å². The van der Waals surface area contributed by atoms with Gasteiger partial charge in [0.15, 0.2) is 0 Å². The number of rotatable bonds is 1. The van der Waals surface area contributed by atoms with Crippen LogP contribution in [0.25, 0.3) is 0 Å². The van der Waals surface area contributed by atoms with Gasteiger partial charge in [0, 0.05) is 0 Å². The minimum absolute atomic E-state index is 0.125. The molecule has 0 aromatic rings. The van der Waals surface area contributed by atoms with Crippen LogP contribution in [-0.2, 0) is 4.74 Å². The van der Waals surface area contributed by atoms with Gasteiger partial charge < -0.3 is 20.1 Å². The second-order valence-electron chi connectivity index (χ2n) is 4.02. The molecule has 0 aromatic heterocycles. The van der Waals surface area contributed by atoms with Crippen molar-refractivity contribution < 1.29 is 20.1 Å². The number of hydrogen-bond acceptors (Lipinski definition) is 4. The minimum atomic E-state index is -1.10. The van der Waals surface area contributed by atoms with Crippen LogP contribution in [0.15, 0.2) is 0 Å². The summed E-state index contributed by atoms with van der Waals surface area (Å²) in [7, 11) is 0. The summed E-state index contributed by atoms with van der Waals surface area (Å²) in [5.41, 5.74) is 0. The summed E-state index contributed by atoms with van der Waals surface area (Å²) in [6, 6.07) is 0. The fourth-order valence-electron chi connectivity index (χ4n) is 1.63. The molecule has 1 heterocycles. The molecule has 1 aliphatic rings. The maximum absolute atomic E-state index is 9.56. The Balaban J connectivity index is 2.70. The number of ether oxygens (including phenoxy) is 1. The normalized spacial score (nSPS) is 46.8. The van der Waals surface area contributed by atoms with Crippen molar-refractivity contribution in [2.75, 3.05) is 0 Å². The molecule has 78 valence electrons. The molecule has 0 bridgehead atoms. The Kier molecular flexibility index (Phi) is 3.29. The Hall–Kier alpha value is -0.160.